The highest BCUT2D eigenvalue weighted by molar-refractivity contribution is 7.15. The van der Waals surface area contributed by atoms with Gasteiger partial charge in [0.1, 0.15) is 0 Å². The number of anilines is 1. The molecule has 2 unspecified atom stereocenters. The molecular formula is C14H25N3S. The van der Waals surface area contributed by atoms with E-state index in [1.807, 2.05) is 18.4 Å². The van der Waals surface area contributed by atoms with Crippen molar-refractivity contribution in [1.29, 1.82) is 0 Å². The van der Waals surface area contributed by atoms with Crippen LogP contribution in [0.3, 0.4) is 0 Å². The summed E-state index contributed by atoms with van der Waals surface area (Å²) >= 11 is 1.88. The summed E-state index contributed by atoms with van der Waals surface area (Å²) in [5.41, 5.74) is 1.31. The fourth-order valence-electron chi connectivity index (χ4n) is 2.56. The molecular weight excluding hydrogens is 242 g/mol. The smallest absolute Gasteiger partial charge is 0.186 e. The van der Waals surface area contributed by atoms with Gasteiger partial charge in [-0.3, -0.25) is 0 Å². The van der Waals surface area contributed by atoms with Crippen LogP contribution < -0.4 is 10.2 Å². The Hall–Kier alpha value is -0.610. The summed E-state index contributed by atoms with van der Waals surface area (Å²) < 4.78 is 0. The Bertz CT molecular complexity index is 388. The standard InChI is InChI=1S/C14H25N3S/c1-5-10(2)13-12(9-15-4)18-14(16-13)17-8-6-7-11(17)3/h10-11,15H,5-9H2,1-4H3. The maximum atomic E-state index is 4.94. The minimum atomic E-state index is 0.566. The number of hydrogen-bond donors (Lipinski definition) is 1. The van der Waals surface area contributed by atoms with E-state index in [2.05, 4.69) is 31.0 Å². The van der Waals surface area contributed by atoms with Crippen molar-refractivity contribution in [3.63, 3.8) is 0 Å². The number of aromatic nitrogens is 1. The lowest BCUT2D eigenvalue weighted by atomic mass is 10.0. The van der Waals surface area contributed by atoms with Gasteiger partial charge < -0.3 is 10.2 Å². The first-order valence-electron chi connectivity index (χ1n) is 7.08. The molecule has 1 saturated heterocycles. The monoisotopic (exact) mass is 267 g/mol. The van der Waals surface area contributed by atoms with Crippen LogP contribution in [0.5, 0.6) is 0 Å². The van der Waals surface area contributed by atoms with E-state index in [0.717, 1.165) is 13.0 Å². The van der Waals surface area contributed by atoms with Crippen LogP contribution in [0.15, 0.2) is 0 Å². The molecule has 1 aromatic heterocycles. The summed E-state index contributed by atoms with van der Waals surface area (Å²) in [6.07, 6.45) is 3.77. The Morgan fingerprint density at radius 3 is 2.89 bits per heavy atom. The van der Waals surface area contributed by atoms with Crippen molar-refractivity contribution < 1.29 is 0 Å². The van der Waals surface area contributed by atoms with Gasteiger partial charge in [-0.25, -0.2) is 4.98 Å². The van der Waals surface area contributed by atoms with Crippen molar-refractivity contribution >= 4 is 16.5 Å². The molecule has 0 aromatic carbocycles. The normalized spacial score (nSPS) is 21.6. The molecule has 0 bridgehead atoms. The van der Waals surface area contributed by atoms with E-state index in [9.17, 15) is 0 Å². The molecule has 2 heterocycles. The molecule has 0 amide bonds. The zero-order valence-corrected chi connectivity index (χ0v) is 12.8. The lowest BCUT2D eigenvalue weighted by Crippen LogP contribution is -2.26. The van der Waals surface area contributed by atoms with Gasteiger partial charge >= 0.3 is 0 Å². The fourth-order valence-corrected chi connectivity index (χ4v) is 3.88. The molecule has 1 fully saturated rings. The SMILES string of the molecule is CCC(C)c1nc(N2CCCC2C)sc1CNC. The second-order valence-corrected chi connectivity index (χ2v) is 6.39. The topological polar surface area (TPSA) is 28.2 Å². The van der Waals surface area contributed by atoms with Crippen molar-refractivity contribution in [2.24, 2.45) is 0 Å². The van der Waals surface area contributed by atoms with E-state index in [1.54, 1.807) is 0 Å². The molecule has 1 aliphatic rings. The van der Waals surface area contributed by atoms with Crippen molar-refractivity contribution in [2.75, 3.05) is 18.5 Å². The molecule has 0 spiro atoms. The number of thiazole rings is 1. The quantitative estimate of drug-likeness (QED) is 0.886. The average Bonchev–Trinajstić information content (AvgIpc) is 2.95. The van der Waals surface area contributed by atoms with Gasteiger partial charge in [0.05, 0.1) is 5.69 Å². The third-order valence-corrected chi connectivity index (χ3v) is 5.04. The van der Waals surface area contributed by atoms with Crippen LogP contribution in [-0.4, -0.2) is 24.6 Å². The number of nitrogens with zero attached hydrogens (tertiary/aromatic N) is 2. The Labute approximate surface area is 115 Å². The Morgan fingerprint density at radius 2 is 2.33 bits per heavy atom. The lowest BCUT2D eigenvalue weighted by Gasteiger charge is -2.19. The summed E-state index contributed by atoms with van der Waals surface area (Å²) in [6.45, 7) is 8.96. The van der Waals surface area contributed by atoms with Crippen molar-refractivity contribution in [3.05, 3.63) is 10.6 Å². The maximum Gasteiger partial charge on any atom is 0.186 e. The molecule has 1 aliphatic heterocycles. The van der Waals surface area contributed by atoms with Gasteiger partial charge in [-0.15, -0.1) is 11.3 Å². The zero-order valence-electron chi connectivity index (χ0n) is 12.0. The van der Waals surface area contributed by atoms with Gasteiger partial charge in [-0.2, -0.15) is 0 Å². The van der Waals surface area contributed by atoms with E-state index in [1.165, 1.54) is 35.1 Å². The molecule has 0 radical (unpaired) electrons. The summed E-state index contributed by atoms with van der Waals surface area (Å²) in [5, 5.41) is 4.51. The molecule has 102 valence electrons. The van der Waals surface area contributed by atoms with Gasteiger partial charge in [-0.1, -0.05) is 13.8 Å². The average molecular weight is 267 g/mol. The second-order valence-electron chi connectivity index (χ2n) is 5.33. The molecule has 1 aromatic rings. The molecule has 1 N–H and O–H groups in total. The lowest BCUT2D eigenvalue weighted by molar-refractivity contribution is 0.687. The van der Waals surface area contributed by atoms with Crippen LogP contribution in [0.4, 0.5) is 5.13 Å². The van der Waals surface area contributed by atoms with Gasteiger partial charge in [-0.05, 0) is 39.2 Å². The molecule has 2 atom stereocenters. The molecule has 4 heteroatoms. The molecule has 3 nitrogen and oxygen atoms in total. The van der Waals surface area contributed by atoms with Gasteiger partial charge in [0.15, 0.2) is 5.13 Å². The number of nitrogens with one attached hydrogen (secondary N) is 1. The van der Waals surface area contributed by atoms with Crippen LogP contribution in [0, 0.1) is 0 Å². The van der Waals surface area contributed by atoms with Crippen molar-refractivity contribution in [3.8, 4) is 0 Å². The van der Waals surface area contributed by atoms with E-state index >= 15 is 0 Å². The van der Waals surface area contributed by atoms with Gasteiger partial charge in [0.25, 0.3) is 0 Å². The van der Waals surface area contributed by atoms with Crippen LogP contribution >= 0.6 is 11.3 Å². The van der Waals surface area contributed by atoms with Crippen molar-refractivity contribution in [2.45, 2.75) is 58.5 Å². The first-order chi connectivity index (χ1) is 8.67. The Balaban J connectivity index is 2.26. The fraction of sp³-hybridized carbons (Fsp3) is 0.786. The van der Waals surface area contributed by atoms with E-state index in [0.29, 0.717) is 12.0 Å². The van der Waals surface area contributed by atoms with Crippen LogP contribution in [0.1, 0.15) is 56.5 Å². The van der Waals surface area contributed by atoms with Crippen LogP contribution in [-0.2, 0) is 6.54 Å². The Morgan fingerprint density at radius 1 is 1.56 bits per heavy atom. The number of hydrogen-bond acceptors (Lipinski definition) is 4. The van der Waals surface area contributed by atoms with Gasteiger partial charge in [0, 0.05) is 24.0 Å². The third-order valence-electron chi connectivity index (χ3n) is 3.93. The number of rotatable bonds is 5. The van der Waals surface area contributed by atoms with Crippen LogP contribution in [0.2, 0.25) is 0 Å². The molecule has 0 aliphatic carbocycles. The Kier molecular flexibility index (Phi) is 4.62. The highest BCUT2D eigenvalue weighted by Crippen LogP contribution is 2.35. The zero-order chi connectivity index (χ0) is 13.1. The summed E-state index contributed by atoms with van der Waals surface area (Å²) in [4.78, 5) is 8.84. The minimum absolute atomic E-state index is 0.566. The summed E-state index contributed by atoms with van der Waals surface area (Å²) in [6, 6.07) is 0.656. The first kappa shape index (κ1) is 13.8. The highest BCUT2D eigenvalue weighted by atomic mass is 32.1. The highest BCUT2D eigenvalue weighted by Gasteiger charge is 2.25. The van der Waals surface area contributed by atoms with E-state index in [-0.39, 0.29) is 0 Å². The van der Waals surface area contributed by atoms with Crippen LogP contribution in [0.25, 0.3) is 0 Å². The maximum absolute atomic E-state index is 4.94. The molecule has 2 rings (SSSR count). The first-order valence-corrected chi connectivity index (χ1v) is 7.89. The largest absolute Gasteiger partial charge is 0.345 e. The predicted octanol–water partition coefficient (Wildman–Crippen LogP) is 3.36. The summed E-state index contributed by atoms with van der Waals surface area (Å²) in [7, 11) is 2.01. The third kappa shape index (κ3) is 2.69. The van der Waals surface area contributed by atoms with Crippen molar-refractivity contribution in [1.82, 2.24) is 10.3 Å². The summed E-state index contributed by atoms with van der Waals surface area (Å²) in [5.74, 6) is 0.566. The predicted molar refractivity (Wildman–Crippen MR) is 79.6 cm³/mol. The molecule has 0 saturated carbocycles. The van der Waals surface area contributed by atoms with E-state index < -0.39 is 0 Å². The minimum Gasteiger partial charge on any atom is -0.345 e. The second kappa shape index (κ2) is 6.02. The molecule has 18 heavy (non-hydrogen) atoms. The van der Waals surface area contributed by atoms with Gasteiger partial charge in [0.2, 0.25) is 0 Å². The van der Waals surface area contributed by atoms with E-state index in [4.69, 9.17) is 4.98 Å².